The minimum atomic E-state index is -0.773. The summed E-state index contributed by atoms with van der Waals surface area (Å²) in [4.78, 5) is 22.4. The number of unbranched alkanes of at least 4 members (excludes halogenated alkanes) is 3. The van der Waals surface area contributed by atoms with Crippen LogP contribution in [0.3, 0.4) is 0 Å². The average Bonchev–Trinajstić information content (AvgIpc) is 2.89. The van der Waals surface area contributed by atoms with Crippen molar-refractivity contribution in [2.45, 2.75) is 51.9 Å². The molecule has 0 fully saturated rings. The van der Waals surface area contributed by atoms with Crippen molar-refractivity contribution in [3.05, 3.63) is 48.3 Å². The number of carboxylic acids is 1. The molecule has 0 spiro atoms. The van der Waals surface area contributed by atoms with Crippen molar-refractivity contribution in [2.75, 3.05) is 0 Å². The number of ketones is 1. The number of carboxylic acid groups (broad SMARTS) is 1. The molecule has 132 valence electrons. The van der Waals surface area contributed by atoms with Gasteiger partial charge in [0.25, 0.3) is 0 Å². The lowest BCUT2D eigenvalue weighted by atomic mass is 9.91. The molecule has 0 heterocycles. The van der Waals surface area contributed by atoms with Crippen molar-refractivity contribution in [1.29, 1.82) is 0 Å². The molecule has 2 atom stereocenters. The fourth-order valence-corrected chi connectivity index (χ4v) is 2.59. The fraction of sp³-hybridized carbons (Fsp3) is 0.500. The summed E-state index contributed by atoms with van der Waals surface area (Å²) in [6, 6.07) is 0. The first-order valence-electron chi connectivity index (χ1n) is 8.70. The van der Waals surface area contributed by atoms with Crippen LogP contribution in [0, 0.1) is 11.8 Å². The van der Waals surface area contributed by atoms with Gasteiger partial charge in [-0.2, -0.15) is 0 Å². The lowest BCUT2D eigenvalue weighted by molar-refractivity contribution is -0.137. The van der Waals surface area contributed by atoms with Crippen molar-refractivity contribution in [1.82, 2.24) is 0 Å². The standard InChI is InChI=1S/C20H28O4/c1-2-3-6-10-17(21)13-14-18-16(12-15-19(18)22)9-7-4-5-8-11-20(23)24/h4,7,10,12-16,18,21H,2-3,5-6,8-9,11H2,1H3,(H,23,24)/b7-4-,14-13+,17-10-/t16-,18+/m0/s1. The molecule has 0 aromatic rings. The summed E-state index contributed by atoms with van der Waals surface area (Å²) in [5.41, 5.74) is 0. The first-order chi connectivity index (χ1) is 11.5. The first-order valence-corrected chi connectivity index (χ1v) is 8.70. The Balaban J connectivity index is 2.45. The van der Waals surface area contributed by atoms with E-state index >= 15 is 0 Å². The molecule has 24 heavy (non-hydrogen) atoms. The van der Waals surface area contributed by atoms with E-state index in [2.05, 4.69) is 6.92 Å². The molecule has 1 aliphatic rings. The maximum Gasteiger partial charge on any atom is 0.303 e. The second-order valence-corrected chi connectivity index (χ2v) is 6.07. The van der Waals surface area contributed by atoms with Crippen molar-refractivity contribution >= 4 is 11.8 Å². The van der Waals surface area contributed by atoms with Crippen molar-refractivity contribution in [3.63, 3.8) is 0 Å². The highest BCUT2D eigenvalue weighted by Gasteiger charge is 2.26. The molecule has 0 amide bonds. The highest BCUT2D eigenvalue weighted by molar-refractivity contribution is 5.95. The maximum atomic E-state index is 11.9. The molecule has 4 nitrogen and oxygen atoms in total. The molecule has 0 saturated heterocycles. The van der Waals surface area contributed by atoms with Crippen LogP contribution < -0.4 is 0 Å². The van der Waals surface area contributed by atoms with E-state index in [1.54, 1.807) is 24.3 Å². The predicted molar refractivity (Wildman–Crippen MR) is 95.7 cm³/mol. The number of hydrogen-bond donors (Lipinski definition) is 2. The molecule has 0 bridgehead atoms. The predicted octanol–water partition coefficient (Wildman–Crippen LogP) is 4.75. The minimum absolute atomic E-state index is 0.0666. The van der Waals surface area contributed by atoms with Crippen LogP contribution >= 0.6 is 0 Å². The van der Waals surface area contributed by atoms with Crippen LogP contribution in [0.1, 0.15) is 51.9 Å². The molecule has 4 heteroatoms. The van der Waals surface area contributed by atoms with Gasteiger partial charge >= 0.3 is 5.97 Å². The lowest BCUT2D eigenvalue weighted by Crippen LogP contribution is -2.12. The van der Waals surface area contributed by atoms with E-state index in [-0.39, 0.29) is 29.8 Å². The zero-order valence-corrected chi connectivity index (χ0v) is 14.4. The van der Waals surface area contributed by atoms with Gasteiger partial charge in [0.15, 0.2) is 5.78 Å². The Kier molecular flexibility index (Phi) is 9.51. The van der Waals surface area contributed by atoms with E-state index in [0.717, 1.165) is 32.1 Å². The van der Waals surface area contributed by atoms with Gasteiger partial charge < -0.3 is 10.2 Å². The van der Waals surface area contributed by atoms with Gasteiger partial charge in [-0.1, -0.05) is 37.6 Å². The van der Waals surface area contributed by atoms with Crippen LogP contribution in [0.25, 0.3) is 0 Å². The van der Waals surface area contributed by atoms with Gasteiger partial charge in [0.1, 0.15) is 5.76 Å². The Hall–Kier alpha value is -2.10. The van der Waals surface area contributed by atoms with Gasteiger partial charge in [-0.15, -0.1) is 0 Å². The Morgan fingerprint density at radius 1 is 1.21 bits per heavy atom. The molecule has 1 aliphatic carbocycles. The van der Waals surface area contributed by atoms with Crippen LogP contribution in [-0.4, -0.2) is 22.0 Å². The van der Waals surface area contributed by atoms with E-state index in [4.69, 9.17) is 5.11 Å². The molecule has 0 aromatic heterocycles. The van der Waals surface area contributed by atoms with E-state index in [1.165, 1.54) is 0 Å². The molecule has 0 aromatic carbocycles. The largest absolute Gasteiger partial charge is 0.508 e. The fourth-order valence-electron chi connectivity index (χ4n) is 2.59. The number of rotatable bonds is 11. The Bertz CT molecular complexity index is 526. The monoisotopic (exact) mass is 332 g/mol. The smallest absolute Gasteiger partial charge is 0.303 e. The number of aliphatic hydroxyl groups is 1. The van der Waals surface area contributed by atoms with Crippen LogP contribution in [0.4, 0.5) is 0 Å². The summed E-state index contributed by atoms with van der Waals surface area (Å²) < 4.78 is 0. The molecule has 0 aliphatic heterocycles. The molecule has 0 unspecified atom stereocenters. The average molecular weight is 332 g/mol. The summed E-state index contributed by atoms with van der Waals surface area (Å²) in [6.45, 7) is 2.10. The maximum absolute atomic E-state index is 11.9. The quantitative estimate of drug-likeness (QED) is 0.248. The Morgan fingerprint density at radius 3 is 2.71 bits per heavy atom. The number of allylic oxidation sites excluding steroid dienone is 7. The van der Waals surface area contributed by atoms with Gasteiger partial charge in [-0.05, 0) is 56.3 Å². The highest BCUT2D eigenvalue weighted by Crippen LogP contribution is 2.27. The van der Waals surface area contributed by atoms with Crippen LogP contribution in [0.15, 0.2) is 48.3 Å². The third-order valence-corrected chi connectivity index (χ3v) is 4.02. The van der Waals surface area contributed by atoms with Gasteiger partial charge in [-0.25, -0.2) is 0 Å². The van der Waals surface area contributed by atoms with E-state index in [9.17, 15) is 14.7 Å². The molecule has 0 radical (unpaired) electrons. The number of aliphatic hydroxyl groups excluding tert-OH is 1. The van der Waals surface area contributed by atoms with Gasteiger partial charge in [0, 0.05) is 12.3 Å². The second-order valence-electron chi connectivity index (χ2n) is 6.07. The summed E-state index contributed by atoms with van der Waals surface area (Å²) in [7, 11) is 0. The number of carbonyl (C=O) groups excluding carboxylic acids is 1. The van der Waals surface area contributed by atoms with Crippen LogP contribution in [0.5, 0.6) is 0 Å². The van der Waals surface area contributed by atoms with Gasteiger partial charge in [-0.3, -0.25) is 9.59 Å². The first kappa shape index (κ1) is 19.9. The normalized spacial score (nSPS) is 21.4. The third kappa shape index (κ3) is 7.95. The summed E-state index contributed by atoms with van der Waals surface area (Å²) >= 11 is 0. The molecule has 2 N–H and O–H groups in total. The van der Waals surface area contributed by atoms with Crippen LogP contribution in [-0.2, 0) is 9.59 Å². The summed E-state index contributed by atoms with van der Waals surface area (Å²) in [5.74, 6) is -0.615. The van der Waals surface area contributed by atoms with E-state index in [1.807, 2.05) is 18.2 Å². The van der Waals surface area contributed by atoms with Gasteiger partial charge in [0.05, 0.1) is 0 Å². The summed E-state index contributed by atoms with van der Waals surface area (Å²) in [6.07, 6.45) is 17.9. The number of carbonyl (C=O) groups is 2. The molecular formula is C20H28O4. The SMILES string of the molecule is CCCC/C=C(O)/C=C/[C@H]1C(=O)C=C[C@@H]1C/C=C\CCCC(=O)O. The van der Waals surface area contributed by atoms with E-state index < -0.39 is 5.97 Å². The van der Waals surface area contributed by atoms with Crippen LogP contribution in [0.2, 0.25) is 0 Å². The topological polar surface area (TPSA) is 74.6 Å². The molecular weight excluding hydrogens is 304 g/mol. The Morgan fingerprint density at radius 2 is 2.00 bits per heavy atom. The van der Waals surface area contributed by atoms with E-state index in [0.29, 0.717) is 6.42 Å². The number of hydrogen-bond acceptors (Lipinski definition) is 3. The van der Waals surface area contributed by atoms with Crippen molar-refractivity contribution in [2.24, 2.45) is 11.8 Å². The van der Waals surface area contributed by atoms with Crippen molar-refractivity contribution < 1.29 is 19.8 Å². The lowest BCUT2D eigenvalue weighted by Gasteiger charge is -2.12. The second kappa shape index (κ2) is 11.4. The van der Waals surface area contributed by atoms with Gasteiger partial charge in [0.2, 0.25) is 0 Å². The third-order valence-electron chi connectivity index (χ3n) is 4.02. The zero-order chi connectivity index (χ0) is 17.8. The summed E-state index contributed by atoms with van der Waals surface area (Å²) in [5, 5.41) is 18.4. The Labute approximate surface area is 144 Å². The van der Waals surface area contributed by atoms with Crippen molar-refractivity contribution in [3.8, 4) is 0 Å². The highest BCUT2D eigenvalue weighted by atomic mass is 16.4. The molecule has 0 saturated carbocycles. The minimum Gasteiger partial charge on any atom is -0.508 e. The zero-order valence-electron chi connectivity index (χ0n) is 14.4. The number of aliphatic carboxylic acids is 1. The molecule has 1 rings (SSSR count).